The van der Waals surface area contributed by atoms with Gasteiger partial charge in [-0.25, -0.2) is 0 Å². The molecule has 1 N–H and O–H groups in total. The molecule has 2 aromatic rings. The molecule has 1 aromatic carbocycles. The number of nitrogens with zero attached hydrogens (tertiary/aromatic N) is 1. The third-order valence-corrected chi connectivity index (χ3v) is 4.35. The Labute approximate surface area is 129 Å². The molecule has 1 heterocycles. The summed E-state index contributed by atoms with van der Waals surface area (Å²) in [5, 5.41) is 7.50. The Kier molecular flexibility index (Phi) is 4.55. The summed E-state index contributed by atoms with van der Waals surface area (Å²) in [7, 11) is 0. The normalized spacial score (nSPS) is 11.4. The third kappa shape index (κ3) is 3.44. The lowest BCUT2D eigenvalue weighted by Crippen LogP contribution is -2.07. The van der Waals surface area contributed by atoms with Gasteiger partial charge in [-0.05, 0) is 12.1 Å². The maximum Gasteiger partial charge on any atom is 0.0347 e. The van der Waals surface area contributed by atoms with Gasteiger partial charge in [0.15, 0.2) is 0 Å². The van der Waals surface area contributed by atoms with Crippen LogP contribution in [0, 0.1) is 5.41 Å². The highest BCUT2D eigenvalue weighted by Gasteiger charge is 2.18. The van der Waals surface area contributed by atoms with Crippen molar-refractivity contribution in [1.82, 2.24) is 4.98 Å². The van der Waals surface area contributed by atoms with Crippen LogP contribution in [0.1, 0.15) is 26.3 Å². The molecule has 104 valence electrons. The molecule has 4 heteroatoms. The Morgan fingerprint density at radius 3 is 2.55 bits per heavy atom. The summed E-state index contributed by atoms with van der Waals surface area (Å²) >= 11 is 6.43. The number of nitrogens with one attached hydrogen (secondary N) is 1. The lowest BCUT2D eigenvalue weighted by molar-refractivity contribution is 0.803. The van der Waals surface area contributed by atoms with Crippen molar-refractivity contribution in [3.63, 3.8) is 0 Å². The number of benzene rings is 1. The van der Waals surface area contributed by atoms with Crippen LogP contribution < -0.4 is 0 Å². The average Bonchev–Trinajstić information content (AvgIpc) is 2.38. The van der Waals surface area contributed by atoms with E-state index in [2.05, 4.69) is 44.5 Å². The lowest BCUT2D eigenvalue weighted by Gasteiger charge is -2.21. The number of rotatable bonds is 3. The number of hydrogen-bond acceptors (Lipinski definition) is 4. The monoisotopic (exact) mass is 302 g/mol. The van der Waals surface area contributed by atoms with Gasteiger partial charge in [0.1, 0.15) is 0 Å². The van der Waals surface area contributed by atoms with Crippen molar-refractivity contribution in [3.8, 4) is 11.1 Å². The highest BCUT2D eigenvalue weighted by molar-refractivity contribution is 8.00. The molecule has 1 aromatic heterocycles. The van der Waals surface area contributed by atoms with Crippen molar-refractivity contribution >= 4 is 30.6 Å². The largest absolute Gasteiger partial charge is 0.308 e. The van der Waals surface area contributed by atoms with Gasteiger partial charge in [0, 0.05) is 49.8 Å². The van der Waals surface area contributed by atoms with E-state index in [1.807, 2.05) is 24.4 Å². The van der Waals surface area contributed by atoms with Gasteiger partial charge in [0.25, 0.3) is 0 Å². The van der Waals surface area contributed by atoms with E-state index in [4.69, 9.17) is 5.41 Å². The second kappa shape index (κ2) is 6.02. The summed E-state index contributed by atoms with van der Waals surface area (Å²) in [6.45, 7) is 6.56. The zero-order chi connectivity index (χ0) is 14.8. The smallest absolute Gasteiger partial charge is 0.0347 e. The quantitative estimate of drug-likeness (QED) is 0.479. The molecule has 0 aliphatic carbocycles. The number of thioether (sulfide) groups is 1. The van der Waals surface area contributed by atoms with Crippen LogP contribution in [0.4, 0.5) is 0 Å². The molecular formula is C16H18N2S2. The van der Waals surface area contributed by atoms with E-state index in [1.54, 1.807) is 18.0 Å². The van der Waals surface area contributed by atoms with E-state index in [0.29, 0.717) is 0 Å². The molecular weight excluding hydrogens is 284 g/mol. The van der Waals surface area contributed by atoms with Crippen molar-refractivity contribution in [3.05, 3.63) is 42.2 Å². The van der Waals surface area contributed by atoms with E-state index in [0.717, 1.165) is 21.6 Å². The van der Waals surface area contributed by atoms with Gasteiger partial charge in [-0.1, -0.05) is 32.9 Å². The van der Waals surface area contributed by atoms with Gasteiger partial charge in [-0.15, -0.1) is 24.4 Å². The molecule has 0 saturated carbocycles. The summed E-state index contributed by atoms with van der Waals surface area (Å²) in [4.78, 5) is 6.20. The minimum Gasteiger partial charge on any atom is -0.308 e. The topological polar surface area (TPSA) is 36.7 Å². The summed E-state index contributed by atoms with van der Waals surface area (Å²) in [5.41, 5.74) is 2.92. The highest BCUT2D eigenvalue weighted by Crippen LogP contribution is 2.42. The molecule has 0 amide bonds. The molecule has 0 unspecified atom stereocenters. The van der Waals surface area contributed by atoms with Crippen LogP contribution in [0.15, 0.2) is 46.5 Å². The van der Waals surface area contributed by atoms with Crippen LogP contribution >= 0.6 is 24.4 Å². The highest BCUT2D eigenvalue weighted by atomic mass is 32.2. The average molecular weight is 302 g/mol. The van der Waals surface area contributed by atoms with Gasteiger partial charge in [-0.2, -0.15) is 0 Å². The van der Waals surface area contributed by atoms with E-state index < -0.39 is 0 Å². The van der Waals surface area contributed by atoms with Crippen LogP contribution in [0.3, 0.4) is 0 Å². The third-order valence-electron chi connectivity index (χ3n) is 2.69. The molecule has 0 aliphatic heterocycles. The first-order chi connectivity index (χ1) is 9.42. The van der Waals surface area contributed by atoms with Crippen LogP contribution in [-0.2, 0) is 0 Å². The van der Waals surface area contributed by atoms with Gasteiger partial charge in [0.05, 0.1) is 0 Å². The Hall–Kier alpha value is -1.26. The standard InChI is InChI=1S/C16H18N2S2/c1-16(2,3)20-13-7-6-11(9-17)15(19)14(13)12-5-4-8-18-10-12/h4-10,17,19H,1-3H3. The molecule has 2 nitrogen and oxygen atoms in total. The Morgan fingerprint density at radius 1 is 1.25 bits per heavy atom. The SMILES string of the molecule is CC(C)(C)Sc1ccc(C=N)c(S)c1-c1cccnc1. The molecule has 0 aliphatic rings. The molecule has 0 fully saturated rings. The van der Waals surface area contributed by atoms with Crippen molar-refractivity contribution in [2.24, 2.45) is 0 Å². The van der Waals surface area contributed by atoms with Crippen molar-refractivity contribution in [1.29, 1.82) is 5.41 Å². The molecule has 0 radical (unpaired) electrons. The van der Waals surface area contributed by atoms with E-state index >= 15 is 0 Å². The van der Waals surface area contributed by atoms with Crippen molar-refractivity contribution in [2.75, 3.05) is 0 Å². The molecule has 0 atom stereocenters. The van der Waals surface area contributed by atoms with E-state index in [9.17, 15) is 0 Å². The number of pyridine rings is 1. The maximum absolute atomic E-state index is 7.50. The van der Waals surface area contributed by atoms with Crippen molar-refractivity contribution in [2.45, 2.75) is 35.3 Å². The number of hydrogen-bond donors (Lipinski definition) is 2. The van der Waals surface area contributed by atoms with E-state index in [-0.39, 0.29) is 4.75 Å². The molecule has 0 bridgehead atoms. The maximum atomic E-state index is 7.50. The van der Waals surface area contributed by atoms with Crippen LogP contribution in [0.25, 0.3) is 11.1 Å². The summed E-state index contributed by atoms with van der Waals surface area (Å²) < 4.78 is 0.114. The number of thiol groups is 1. The number of aromatic nitrogens is 1. The second-order valence-corrected chi connectivity index (χ2v) is 7.79. The first kappa shape index (κ1) is 15.1. The van der Waals surface area contributed by atoms with Crippen LogP contribution in [0.5, 0.6) is 0 Å². The predicted molar refractivity (Wildman–Crippen MR) is 90.4 cm³/mol. The Bertz CT molecular complexity index is 616. The first-order valence-corrected chi connectivity index (χ1v) is 7.64. The Balaban J connectivity index is 2.64. The van der Waals surface area contributed by atoms with Crippen LogP contribution in [-0.4, -0.2) is 15.9 Å². The van der Waals surface area contributed by atoms with Gasteiger partial charge >= 0.3 is 0 Å². The van der Waals surface area contributed by atoms with Crippen molar-refractivity contribution < 1.29 is 0 Å². The first-order valence-electron chi connectivity index (χ1n) is 6.38. The zero-order valence-corrected chi connectivity index (χ0v) is 13.6. The lowest BCUT2D eigenvalue weighted by atomic mass is 10.0. The summed E-state index contributed by atoms with van der Waals surface area (Å²) in [6.07, 6.45) is 4.95. The molecule has 0 spiro atoms. The fraction of sp³-hybridized carbons (Fsp3) is 0.250. The van der Waals surface area contributed by atoms with Gasteiger partial charge < -0.3 is 5.41 Å². The molecule has 0 saturated heterocycles. The zero-order valence-electron chi connectivity index (χ0n) is 11.8. The van der Waals surface area contributed by atoms with Gasteiger partial charge in [-0.3, -0.25) is 4.98 Å². The second-order valence-electron chi connectivity index (χ2n) is 5.48. The Morgan fingerprint density at radius 2 is 2.00 bits per heavy atom. The fourth-order valence-electron chi connectivity index (χ4n) is 1.91. The summed E-state index contributed by atoms with van der Waals surface area (Å²) in [5.74, 6) is 0. The summed E-state index contributed by atoms with van der Waals surface area (Å²) in [6, 6.07) is 7.97. The van der Waals surface area contributed by atoms with Gasteiger partial charge in [0.2, 0.25) is 0 Å². The van der Waals surface area contributed by atoms with Crippen LogP contribution in [0.2, 0.25) is 0 Å². The minimum absolute atomic E-state index is 0.114. The predicted octanol–water partition coefficient (Wildman–Crippen LogP) is 4.93. The molecule has 2 rings (SSSR count). The minimum atomic E-state index is 0.114. The molecule has 20 heavy (non-hydrogen) atoms. The fourth-order valence-corrected chi connectivity index (χ4v) is 3.49. The van der Waals surface area contributed by atoms with E-state index in [1.165, 1.54) is 11.1 Å².